The third-order valence-corrected chi connectivity index (χ3v) is 3.52. The number of carbonyl (C=O) groups excluding carboxylic acids is 1. The minimum atomic E-state index is -0.378. The molecule has 0 N–H and O–H groups in total. The summed E-state index contributed by atoms with van der Waals surface area (Å²) >= 11 is 0. The molecule has 0 aliphatic rings. The van der Waals surface area contributed by atoms with E-state index < -0.39 is 0 Å². The lowest BCUT2D eigenvalue weighted by Gasteiger charge is -2.21. The van der Waals surface area contributed by atoms with Crippen LogP contribution >= 0.6 is 0 Å². The molecule has 3 heteroatoms. The molecule has 0 fully saturated rings. The smallest absolute Gasteiger partial charge is 0.298 e. The molecular weight excluding hydrogens is 264 g/mol. The van der Waals surface area contributed by atoms with E-state index in [2.05, 4.69) is 27.7 Å². The van der Waals surface area contributed by atoms with Crippen LogP contribution in [0.15, 0.2) is 0 Å². The predicted octanol–water partition coefficient (Wildman–Crippen LogP) is 5.82. The second kappa shape index (κ2) is 10.2. The van der Waals surface area contributed by atoms with Crippen LogP contribution in [0.25, 0.3) is 0 Å². The zero-order valence-corrected chi connectivity index (χ0v) is 15.1. The number of carbonyl (C=O) groups is 1. The lowest BCUT2D eigenvalue weighted by molar-refractivity contribution is -0.326. The van der Waals surface area contributed by atoms with Gasteiger partial charge in [0.1, 0.15) is 5.60 Å². The zero-order chi connectivity index (χ0) is 16.4. The molecule has 0 saturated heterocycles. The van der Waals surface area contributed by atoms with Crippen molar-refractivity contribution in [2.24, 2.45) is 5.41 Å². The maximum atomic E-state index is 11.6. The molecule has 0 aliphatic heterocycles. The topological polar surface area (TPSA) is 35.5 Å². The summed E-state index contributed by atoms with van der Waals surface area (Å²) in [6.07, 6.45) is 9.35. The van der Waals surface area contributed by atoms with Gasteiger partial charge in [0.25, 0.3) is 0 Å². The molecule has 0 aromatic carbocycles. The molecule has 0 radical (unpaired) electrons. The zero-order valence-electron chi connectivity index (χ0n) is 15.1. The van der Waals surface area contributed by atoms with Gasteiger partial charge < -0.3 is 0 Å². The Bertz CT molecular complexity index is 277. The third-order valence-electron chi connectivity index (χ3n) is 3.52. The van der Waals surface area contributed by atoms with Crippen molar-refractivity contribution in [2.45, 2.75) is 105 Å². The molecule has 0 aliphatic carbocycles. The van der Waals surface area contributed by atoms with Gasteiger partial charge in [-0.3, -0.25) is 4.89 Å². The van der Waals surface area contributed by atoms with E-state index in [1.165, 1.54) is 25.7 Å². The van der Waals surface area contributed by atoms with Gasteiger partial charge in [0.2, 0.25) is 0 Å². The van der Waals surface area contributed by atoms with Crippen molar-refractivity contribution in [1.82, 2.24) is 0 Å². The van der Waals surface area contributed by atoms with Crippen LogP contribution in [-0.2, 0) is 14.6 Å². The average Bonchev–Trinajstić information content (AvgIpc) is 2.34. The van der Waals surface area contributed by atoms with E-state index >= 15 is 0 Å². The summed E-state index contributed by atoms with van der Waals surface area (Å²) < 4.78 is 0. The Morgan fingerprint density at radius 3 is 2.00 bits per heavy atom. The Morgan fingerprint density at radius 2 is 1.43 bits per heavy atom. The van der Waals surface area contributed by atoms with Gasteiger partial charge in [0.15, 0.2) is 0 Å². The van der Waals surface area contributed by atoms with Crippen LogP contribution in [-0.4, -0.2) is 11.6 Å². The molecule has 0 aromatic heterocycles. The van der Waals surface area contributed by atoms with E-state index in [0.29, 0.717) is 11.8 Å². The SMILES string of the molecule is CCCC(C)(C)OOC(=O)CCCCCCCC(C)(C)C. The molecule has 0 heterocycles. The van der Waals surface area contributed by atoms with Crippen LogP contribution in [0.4, 0.5) is 0 Å². The number of rotatable bonds is 11. The van der Waals surface area contributed by atoms with Crippen molar-refractivity contribution >= 4 is 5.97 Å². The summed E-state index contributed by atoms with van der Waals surface area (Å²) in [5.74, 6) is -0.242. The van der Waals surface area contributed by atoms with Gasteiger partial charge >= 0.3 is 5.97 Å². The molecule has 21 heavy (non-hydrogen) atoms. The fourth-order valence-electron chi connectivity index (χ4n) is 2.30. The van der Waals surface area contributed by atoms with E-state index in [0.717, 1.165) is 25.7 Å². The molecule has 0 aromatic rings. The Hall–Kier alpha value is -0.570. The fraction of sp³-hybridized carbons (Fsp3) is 0.944. The minimum Gasteiger partial charge on any atom is -0.298 e. The monoisotopic (exact) mass is 300 g/mol. The fourth-order valence-corrected chi connectivity index (χ4v) is 2.30. The molecule has 0 atom stereocenters. The average molecular weight is 300 g/mol. The van der Waals surface area contributed by atoms with Crippen molar-refractivity contribution < 1.29 is 14.6 Å². The van der Waals surface area contributed by atoms with E-state index in [9.17, 15) is 4.79 Å². The molecule has 0 unspecified atom stereocenters. The summed E-state index contributed by atoms with van der Waals surface area (Å²) in [5.41, 5.74) is 0.0593. The Labute approximate surface area is 131 Å². The minimum absolute atomic E-state index is 0.242. The van der Waals surface area contributed by atoms with Gasteiger partial charge in [-0.1, -0.05) is 59.8 Å². The largest absolute Gasteiger partial charge is 0.342 e. The first-order chi connectivity index (χ1) is 9.66. The van der Waals surface area contributed by atoms with E-state index in [4.69, 9.17) is 9.78 Å². The van der Waals surface area contributed by atoms with Gasteiger partial charge in [-0.25, -0.2) is 4.79 Å². The molecule has 0 bridgehead atoms. The van der Waals surface area contributed by atoms with Gasteiger partial charge in [0.05, 0.1) is 0 Å². The van der Waals surface area contributed by atoms with Crippen molar-refractivity contribution in [3.8, 4) is 0 Å². The molecule has 0 amide bonds. The molecule has 0 rings (SSSR count). The van der Waals surface area contributed by atoms with E-state index in [-0.39, 0.29) is 11.6 Å². The normalized spacial score (nSPS) is 12.5. The molecular formula is C18H36O3. The molecule has 0 spiro atoms. The highest BCUT2D eigenvalue weighted by Gasteiger charge is 2.20. The van der Waals surface area contributed by atoms with Gasteiger partial charge in [-0.2, -0.15) is 4.89 Å². The maximum Gasteiger partial charge on any atom is 0.342 e. The van der Waals surface area contributed by atoms with Crippen molar-refractivity contribution in [2.75, 3.05) is 0 Å². The summed E-state index contributed by atoms with van der Waals surface area (Å²) in [5, 5.41) is 0. The highest BCUT2D eigenvalue weighted by molar-refractivity contribution is 5.68. The van der Waals surface area contributed by atoms with Crippen LogP contribution in [0.3, 0.4) is 0 Å². The van der Waals surface area contributed by atoms with Crippen LogP contribution in [0.5, 0.6) is 0 Å². The first-order valence-electron chi connectivity index (χ1n) is 8.55. The predicted molar refractivity (Wildman–Crippen MR) is 87.9 cm³/mol. The first-order valence-corrected chi connectivity index (χ1v) is 8.55. The van der Waals surface area contributed by atoms with Gasteiger partial charge in [-0.05, 0) is 38.5 Å². The lowest BCUT2D eigenvalue weighted by atomic mass is 9.89. The molecule has 0 saturated carbocycles. The quantitative estimate of drug-likeness (QED) is 0.274. The van der Waals surface area contributed by atoms with Gasteiger partial charge in [-0.15, -0.1) is 0 Å². The van der Waals surface area contributed by atoms with Crippen molar-refractivity contribution in [1.29, 1.82) is 0 Å². The van der Waals surface area contributed by atoms with Crippen LogP contribution < -0.4 is 0 Å². The van der Waals surface area contributed by atoms with E-state index in [1.807, 2.05) is 13.8 Å². The first kappa shape index (κ1) is 20.4. The highest BCUT2D eigenvalue weighted by atomic mass is 17.2. The van der Waals surface area contributed by atoms with Crippen molar-refractivity contribution in [3.63, 3.8) is 0 Å². The maximum absolute atomic E-state index is 11.6. The number of hydrogen-bond donors (Lipinski definition) is 0. The number of unbranched alkanes of at least 4 members (excludes halogenated alkanes) is 4. The standard InChI is InChI=1S/C18H36O3/c1-7-14-18(5,6)21-20-16(19)13-11-9-8-10-12-15-17(2,3)4/h7-15H2,1-6H3. The van der Waals surface area contributed by atoms with Gasteiger partial charge in [0, 0.05) is 6.42 Å². The Morgan fingerprint density at radius 1 is 0.857 bits per heavy atom. The molecule has 126 valence electrons. The van der Waals surface area contributed by atoms with Crippen LogP contribution in [0.1, 0.15) is 99.3 Å². The van der Waals surface area contributed by atoms with Crippen molar-refractivity contribution in [3.05, 3.63) is 0 Å². The number of hydrogen-bond acceptors (Lipinski definition) is 3. The van der Waals surface area contributed by atoms with Crippen LogP contribution in [0.2, 0.25) is 0 Å². The molecule has 3 nitrogen and oxygen atoms in total. The Balaban J connectivity index is 3.50. The Kier molecular flexibility index (Phi) is 9.93. The second-order valence-corrected chi connectivity index (χ2v) is 7.88. The highest BCUT2D eigenvalue weighted by Crippen LogP contribution is 2.22. The van der Waals surface area contributed by atoms with Crippen LogP contribution in [0, 0.1) is 5.41 Å². The summed E-state index contributed by atoms with van der Waals surface area (Å²) in [6.45, 7) is 12.8. The second-order valence-electron chi connectivity index (χ2n) is 7.88. The third kappa shape index (κ3) is 14.1. The lowest BCUT2D eigenvalue weighted by Crippen LogP contribution is -2.25. The summed E-state index contributed by atoms with van der Waals surface area (Å²) in [7, 11) is 0. The van der Waals surface area contributed by atoms with E-state index in [1.54, 1.807) is 0 Å². The summed E-state index contributed by atoms with van der Waals surface area (Å²) in [4.78, 5) is 21.7. The summed E-state index contributed by atoms with van der Waals surface area (Å²) in [6, 6.07) is 0.